The van der Waals surface area contributed by atoms with Gasteiger partial charge in [0.25, 0.3) is 0 Å². The lowest BCUT2D eigenvalue weighted by Gasteiger charge is -2.29. The van der Waals surface area contributed by atoms with E-state index in [4.69, 9.17) is 18.9 Å². The van der Waals surface area contributed by atoms with E-state index in [0.29, 0.717) is 12.2 Å². The molecule has 0 amide bonds. The van der Waals surface area contributed by atoms with Crippen molar-refractivity contribution >= 4 is 19.0 Å². The molecule has 0 saturated carbocycles. The first-order valence-corrected chi connectivity index (χ1v) is 16.5. The molecule has 6 heteroatoms. The molecular formula is C25H56O4Si2. The molecule has 4 nitrogen and oxygen atoms in total. The third kappa shape index (κ3) is 23.2. The van der Waals surface area contributed by atoms with Crippen molar-refractivity contribution in [2.45, 2.75) is 148 Å². The lowest BCUT2D eigenvalue weighted by Crippen LogP contribution is -2.31. The van der Waals surface area contributed by atoms with Crippen molar-refractivity contribution in [1.82, 2.24) is 0 Å². The molecule has 0 heterocycles. The van der Waals surface area contributed by atoms with Gasteiger partial charge in [-0.25, -0.2) is 0 Å². The number of rotatable bonds is 14. The Morgan fingerprint density at radius 3 is 1.10 bits per heavy atom. The van der Waals surface area contributed by atoms with Crippen LogP contribution in [-0.4, -0.2) is 66.9 Å². The van der Waals surface area contributed by atoms with Crippen molar-refractivity contribution in [3.63, 3.8) is 0 Å². The molecule has 0 N–H and O–H groups in total. The zero-order valence-corrected chi connectivity index (χ0v) is 26.0. The first-order chi connectivity index (χ1) is 13.9. The Hall–Kier alpha value is 0.274. The molecule has 0 fully saturated rings. The van der Waals surface area contributed by atoms with Crippen molar-refractivity contribution in [3.8, 4) is 0 Å². The van der Waals surface area contributed by atoms with E-state index >= 15 is 0 Å². The average Bonchev–Trinajstić information content (AvgIpc) is 2.48. The molecular weight excluding hydrogens is 420 g/mol. The van der Waals surface area contributed by atoms with E-state index in [-0.39, 0.29) is 41.4 Å². The minimum atomic E-state index is -0.0992. The summed E-state index contributed by atoms with van der Waals surface area (Å²) in [5, 5.41) is 0. The Bertz CT molecular complexity index is 414. The fourth-order valence-corrected chi connectivity index (χ4v) is 8.89. The molecule has 0 aromatic rings. The van der Waals surface area contributed by atoms with Gasteiger partial charge >= 0.3 is 0 Å². The normalized spacial score (nSPS) is 16.6. The van der Waals surface area contributed by atoms with Gasteiger partial charge in [-0.1, -0.05) is 5.67 Å². The summed E-state index contributed by atoms with van der Waals surface area (Å²) in [6.07, 6.45) is 2.68. The van der Waals surface area contributed by atoms with Gasteiger partial charge in [-0.2, -0.15) is 0 Å². The van der Waals surface area contributed by atoms with E-state index in [1.54, 1.807) is 0 Å². The lowest BCUT2D eigenvalue weighted by atomic mass is 10.1. The summed E-state index contributed by atoms with van der Waals surface area (Å²) in [6.45, 7) is 27.3. The highest BCUT2D eigenvalue weighted by Crippen LogP contribution is 2.20. The van der Waals surface area contributed by atoms with Gasteiger partial charge in [0.05, 0.1) is 34.6 Å². The van der Waals surface area contributed by atoms with E-state index < -0.39 is 0 Å². The maximum atomic E-state index is 6.36. The van der Waals surface area contributed by atoms with Crippen LogP contribution in [0.3, 0.4) is 0 Å². The topological polar surface area (TPSA) is 36.9 Å². The minimum absolute atomic E-state index is 0.0740. The lowest BCUT2D eigenvalue weighted by molar-refractivity contribution is -0.0766. The molecule has 0 aliphatic rings. The Labute approximate surface area is 199 Å². The maximum absolute atomic E-state index is 6.36. The van der Waals surface area contributed by atoms with E-state index in [1.165, 1.54) is 17.8 Å². The van der Waals surface area contributed by atoms with Crippen LogP contribution in [0.5, 0.6) is 0 Å². The first-order valence-electron chi connectivity index (χ1n) is 12.5. The van der Waals surface area contributed by atoms with Crippen molar-refractivity contribution in [3.05, 3.63) is 0 Å². The summed E-state index contributed by atoms with van der Waals surface area (Å²) < 4.78 is 24.6. The summed E-state index contributed by atoms with van der Waals surface area (Å²) in [5.74, 6) is 0. The SMILES string of the molecule is CC(C)(C)OCCC(C[SiH2]C[SiH2]CC(CCOC(C)(C)C)OC(C)(C)C)OC(C)(C)C. The second-order valence-corrected chi connectivity index (χ2v) is 18.2. The predicted octanol–water partition coefficient (Wildman–Crippen LogP) is 5.31. The molecule has 188 valence electrons. The summed E-state index contributed by atoms with van der Waals surface area (Å²) in [7, 11) is -0.198. The van der Waals surface area contributed by atoms with E-state index in [1.807, 2.05) is 0 Å². The molecule has 0 radical (unpaired) electrons. The standard InChI is InChI=1S/C25H56O4Si2/c1-22(2,3)26-15-13-20(28-24(7,8)9)17-30-19-31-18-21(29-25(10,11)12)14-16-27-23(4,5)6/h20-21H,13-19,30-31H2,1-12H3. The summed E-state index contributed by atoms with van der Waals surface area (Å²) in [5.41, 5.74) is 1.16. The van der Waals surface area contributed by atoms with Crippen molar-refractivity contribution in [2.24, 2.45) is 0 Å². The van der Waals surface area contributed by atoms with Crippen LogP contribution in [0, 0.1) is 0 Å². The zero-order valence-electron chi connectivity index (χ0n) is 23.2. The highest BCUT2D eigenvalue weighted by atomic mass is 28.3. The molecule has 2 atom stereocenters. The zero-order chi connectivity index (χ0) is 24.3. The van der Waals surface area contributed by atoms with Crippen LogP contribution in [-0.2, 0) is 18.9 Å². The smallest absolute Gasteiger partial charge is 0.0602 e. The van der Waals surface area contributed by atoms with Crippen molar-refractivity contribution in [1.29, 1.82) is 0 Å². The van der Waals surface area contributed by atoms with Crippen LogP contribution in [0.4, 0.5) is 0 Å². The Kier molecular flexibility index (Phi) is 14.0. The third-order valence-corrected chi connectivity index (χ3v) is 10.6. The monoisotopic (exact) mass is 476 g/mol. The largest absolute Gasteiger partial charge is 0.376 e. The van der Waals surface area contributed by atoms with Gasteiger partial charge in [0.15, 0.2) is 0 Å². The van der Waals surface area contributed by atoms with Gasteiger partial charge in [-0.05, 0) is 108 Å². The third-order valence-electron chi connectivity index (χ3n) is 4.54. The Morgan fingerprint density at radius 1 is 0.516 bits per heavy atom. The van der Waals surface area contributed by atoms with Crippen LogP contribution in [0.1, 0.15) is 95.9 Å². The fourth-order valence-electron chi connectivity index (χ4n) is 3.44. The molecule has 31 heavy (non-hydrogen) atoms. The molecule has 0 spiro atoms. The van der Waals surface area contributed by atoms with Gasteiger partial charge in [-0.3, -0.25) is 0 Å². The fraction of sp³-hybridized carbons (Fsp3) is 1.00. The van der Waals surface area contributed by atoms with Gasteiger partial charge in [-0.15, -0.1) is 0 Å². The molecule has 0 rings (SSSR count). The second kappa shape index (κ2) is 13.9. The Balaban J connectivity index is 4.44. The first kappa shape index (κ1) is 31.3. The van der Waals surface area contributed by atoms with Crippen LogP contribution in [0.25, 0.3) is 0 Å². The predicted molar refractivity (Wildman–Crippen MR) is 141 cm³/mol. The number of hydrogen-bond acceptors (Lipinski definition) is 4. The summed E-state index contributed by atoms with van der Waals surface area (Å²) in [6, 6.07) is 2.52. The Morgan fingerprint density at radius 2 is 0.839 bits per heavy atom. The minimum Gasteiger partial charge on any atom is -0.376 e. The van der Waals surface area contributed by atoms with Gasteiger partial charge in [0.2, 0.25) is 0 Å². The quantitative estimate of drug-likeness (QED) is 0.251. The number of ether oxygens (including phenoxy) is 4. The summed E-state index contributed by atoms with van der Waals surface area (Å²) >= 11 is 0. The molecule has 0 aliphatic carbocycles. The van der Waals surface area contributed by atoms with Gasteiger partial charge in [0, 0.05) is 32.3 Å². The van der Waals surface area contributed by atoms with Crippen LogP contribution < -0.4 is 0 Å². The second-order valence-electron chi connectivity index (χ2n) is 12.8. The van der Waals surface area contributed by atoms with Gasteiger partial charge in [0.1, 0.15) is 0 Å². The molecule has 0 aliphatic heterocycles. The maximum Gasteiger partial charge on any atom is 0.0602 e. The number of hydrogen-bond donors (Lipinski definition) is 0. The molecule has 0 aromatic carbocycles. The van der Waals surface area contributed by atoms with Crippen LogP contribution >= 0.6 is 0 Å². The summed E-state index contributed by atoms with van der Waals surface area (Å²) in [4.78, 5) is 0. The van der Waals surface area contributed by atoms with E-state index in [9.17, 15) is 0 Å². The van der Waals surface area contributed by atoms with Crippen molar-refractivity contribution in [2.75, 3.05) is 13.2 Å². The highest BCUT2D eigenvalue weighted by molar-refractivity contribution is 6.56. The molecule has 2 unspecified atom stereocenters. The van der Waals surface area contributed by atoms with E-state index in [2.05, 4.69) is 83.1 Å². The van der Waals surface area contributed by atoms with Crippen molar-refractivity contribution < 1.29 is 18.9 Å². The van der Waals surface area contributed by atoms with Crippen LogP contribution in [0.2, 0.25) is 17.8 Å². The molecule has 0 saturated heterocycles. The highest BCUT2D eigenvalue weighted by Gasteiger charge is 2.22. The molecule has 0 bridgehead atoms. The van der Waals surface area contributed by atoms with Crippen LogP contribution in [0.15, 0.2) is 0 Å². The molecule has 0 aromatic heterocycles. The average molecular weight is 477 g/mol. The van der Waals surface area contributed by atoms with E-state index in [0.717, 1.165) is 26.1 Å². The van der Waals surface area contributed by atoms with Gasteiger partial charge < -0.3 is 18.9 Å².